The van der Waals surface area contributed by atoms with E-state index in [9.17, 15) is 9.59 Å². The first-order valence-corrected chi connectivity index (χ1v) is 8.37. The molecule has 3 N–H and O–H groups in total. The molecule has 0 aliphatic carbocycles. The van der Waals surface area contributed by atoms with Crippen LogP contribution in [-0.4, -0.2) is 37.5 Å². The number of H-pyrrole nitrogens is 1. The highest BCUT2D eigenvalue weighted by Gasteiger charge is 2.22. The van der Waals surface area contributed by atoms with Crippen molar-refractivity contribution in [1.29, 1.82) is 0 Å². The summed E-state index contributed by atoms with van der Waals surface area (Å²) >= 11 is 0. The summed E-state index contributed by atoms with van der Waals surface area (Å²) in [6.07, 6.45) is 3.74. The second kappa shape index (κ2) is 6.95. The summed E-state index contributed by atoms with van der Waals surface area (Å²) < 4.78 is 5.76. The second-order valence-electron chi connectivity index (χ2n) is 6.00. The third-order valence-corrected chi connectivity index (χ3v) is 4.53. The molecule has 24 heavy (non-hydrogen) atoms. The first kappa shape index (κ1) is 16.4. The molecule has 1 aliphatic rings. The summed E-state index contributed by atoms with van der Waals surface area (Å²) in [6.45, 7) is 0.733. The van der Waals surface area contributed by atoms with Crippen molar-refractivity contribution in [3.8, 4) is 5.75 Å². The van der Waals surface area contributed by atoms with E-state index in [4.69, 9.17) is 4.74 Å². The summed E-state index contributed by atoms with van der Waals surface area (Å²) in [6, 6.07) is 3.93. The van der Waals surface area contributed by atoms with Crippen molar-refractivity contribution in [3.05, 3.63) is 29.0 Å². The van der Waals surface area contributed by atoms with Crippen LogP contribution < -0.4 is 15.4 Å². The number of hydrogen-bond acceptors (Lipinski definition) is 3. The number of aromatic amines is 1. The van der Waals surface area contributed by atoms with E-state index in [-0.39, 0.29) is 11.8 Å². The zero-order chi connectivity index (χ0) is 17.1. The van der Waals surface area contributed by atoms with Gasteiger partial charge in [0.25, 0.3) is 5.91 Å². The lowest BCUT2D eigenvalue weighted by atomic mass is 9.95. The number of aromatic nitrogens is 1. The molecular formula is C18H23N3O3. The Labute approximate surface area is 141 Å². The molecule has 1 aliphatic heterocycles. The number of amides is 2. The Morgan fingerprint density at radius 1 is 1.25 bits per heavy atom. The van der Waals surface area contributed by atoms with Gasteiger partial charge in [-0.2, -0.15) is 0 Å². The van der Waals surface area contributed by atoms with Crippen molar-refractivity contribution in [2.45, 2.75) is 32.1 Å². The Hall–Kier alpha value is -2.50. The van der Waals surface area contributed by atoms with Crippen molar-refractivity contribution < 1.29 is 14.3 Å². The molecule has 0 saturated carbocycles. The van der Waals surface area contributed by atoms with Gasteiger partial charge in [0.2, 0.25) is 5.91 Å². The molecular weight excluding hydrogens is 306 g/mol. The van der Waals surface area contributed by atoms with Gasteiger partial charge in [-0.15, -0.1) is 0 Å². The maximum absolute atomic E-state index is 12.3. The second-order valence-corrected chi connectivity index (χ2v) is 6.00. The van der Waals surface area contributed by atoms with Crippen molar-refractivity contribution in [1.82, 2.24) is 15.6 Å². The maximum atomic E-state index is 12.3. The number of benzene rings is 1. The largest absolute Gasteiger partial charge is 0.493 e. The van der Waals surface area contributed by atoms with Crippen LogP contribution in [0.3, 0.4) is 0 Å². The van der Waals surface area contributed by atoms with Crippen LogP contribution in [0.2, 0.25) is 0 Å². The fourth-order valence-corrected chi connectivity index (χ4v) is 3.35. The molecule has 6 heteroatoms. The molecule has 1 aromatic carbocycles. The fourth-order valence-electron chi connectivity index (χ4n) is 3.35. The SMILES string of the molecule is CNC(=O)CCCc1c(C(=O)NC)[nH]c2ccc3c(c12)CCCO3. The number of nitrogens with one attached hydrogen (secondary N) is 3. The highest BCUT2D eigenvalue weighted by atomic mass is 16.5. The van der Waals surface area contributed by atoms with Gasteiger partial charge < -0.3 is 20.4 Å². The van der Waals surface area contributed by atoms with Gasteiger partial charge in [-0.1, -0.05) is 0 Å². The van der Waals surface area contributed by atoms with E-state index >= 15 is 0 Å². The molecule has 0 atom stereocenters. The molecule has 2 aromatic rings. The van der Waals surface area contributed by atoms with Crippen LogP contribution in [0.5, 0.6) is 5.75 Å². The fraction of sp³-hybridized carbons (Fsp3) is 0.444. The number of aryl methyl sites for hydroxylation is 2. The summed E-state index contributed by atoms with van der Waals surface area (Å²) in [5.41, 5.74) is 3.69. The smallest absolute Gasteiger partial charge is 0.267 e. The average molecular weight is 329 g/mol. The lowest BCUT2D eigenvalue weighted by Gasteiger charge is -2.18. The third-order valence-electron chi connectivity index (χ3n) is 4.53. The van der Waals surface area contributed by atoms with Crippen molar-refractivity contribution in [2.24, 2.45) is 0 Å². The Balaban J connectivity index is 2.04. The minimum Gasteiger partial charge on any atom is -0.493 e. The van der Waals surface area contributed by atoms with Crippen LogP contribution in [0.25, 0.3) is 10.9 Å². The zero-order valence-corrected chi connectivity index (χ0v) is 14.1. The molecule has 3 rings (SSSR count). The van der Waals surface area contributed by atoms with E-state index in [0.29, 0.717) is 25.0 Å². The molecule has 6 nitrogen and oxygen atoms in total. The Bertz CT molecular complexity index is 779. The minimum atomic E-state index is -0.133. The average Bonchev–Trinajstić information content (AvgIpc) is 3.00. The third kappa shape index (κ3) is 2.96. The molecule has 128 valence electrons. The van der Waals surface area contributed by atoms with Crippen LogP contribution in [0.4, 0.5) is 0 Å². The van der Waals surface area contributed by atoms with Gasteiger partial charge in [0, 0.05) is 37.0 Å². The molecule has 0 unspecified atom stereocenters. The molecule has 2 amide bonds. The van der Waals surface area contributed by atoms with Gasteiger partial charge in [-0.05, 0) is 43.4 Å². The number of rotatable bonds is 5. The van der Waals surface area contributed by atoms with Gasteiger partial charge in [-0.25, -0.2) is 0 Å². The summed E-state index contributed by atoms with van der Waals surface area (Å²) in [4.78, 5) is 27.0. The number of ether oxygens (including phenoxy) is 1. The van der Waals surface area contributed by atoms with E-state index in [1.165, 1.54) is 5.56 Å². The van der Waals surface area contributed by atoms with Gasteiger partial charge in [0.05, 0.1) is 6.61 Å². The van der Waals surface area contributed by atoms with Gasteiger partial charge in [0.1, 0.15) is 11.4 Å². The predicted molar refractivity (Wildman–Crippen MR) is 92.5 cm³/mol. The van der Waals surface area contributed by atoms with E-state index < -0.39 is 0 Å². The molecule has 0 radical (unpaired) electrons. The zero-order valence-electron chi connectivity index (χ0n) is 14.1. The Kier molecular flexibility index (Phi) is 4.74. The van der Waals surface area contributed by atoms with Crippen molar-refractivity contribution >= 4 is 22.7 Å². The van der Waals surface area contributed by atoms with Gasteiger partial charge >= 0.3 is 0 Å². The standard InChI is InChI=1S/C18H23N3O3/c1-19-15(22)7-3-5-12-16-11-6-4-10-24-14(11)9-8-13(16)21-17(12)18(23)20-2/h8-9,21H,3-7,10H2,1-2H3,(H,19,22)(H,20,23). The summed E-state index contributed by atoms with van der Waals surface area (Å²) in [5, 5.41) is 6.41. The number of carbonyl (C=O) groups excluding carboxylic acids is 2. The van der Waals surface area contributed by atoms with Gasteiger partial charge in [0.15, 0.2) is 0 Å². The van der Waals surface area contributed by atoms with E-state index in [2.05, 4.69) is 15.6 Å². The Morgan fingerprint density at radius 2 is 2.08 bits per heavy atom. The first-order chi connectivity index (χ1) is 11.7. The molecule has 0 fully saturated rings. The molecule has 1 aromatic heterocycles. The molecule has 0 bridgehead atoms. The predicted octanol–water partition coefficient (Wildman–Crippen LogP) is 1.92. The summed E-state index contributed by atoms with van der Waals surface area (Å²) in [5.74, 6) is 0.789. The van der Waals surface area contributed by atoms with Crippen LogP contribution >= 0.6 is 0 Å². The number of hydrogen-bond donors (Lipinski definition) is 3. The van der Waals surface area contributed by atoms with E-state index in [0.717, 1.165) is 41.7 Å². The number of fused-ring (bicyclic) bond motifs is 3. The lowest BCUT2D eigenvalue weighted by molar-refractivity contribution is -0.120. The molecule has 0 spiro atoms. The van der Waals surface area contributed by atoms with Crippen LogP contribution in [0.15, 0.2) is 12.1 Å². The van der Waals surface area contributed by atoms with Gasteiger partial charge in [-0.3, -0.25) is 9.59 Å². The number of carbonyl (C=O) groups is 2. The van der Waals surface area contributed by atoms with Crippen molar-refractivity contribution in [3.63, 3.8) is 0 Å². The highest BCUT2D eigenvalue weighted by molar-refractivity contribution is 6.02. The van der Waals surface area contributed by atoms with E-state index in [1.54, 1.807) is 14.1 Å². The van der Waals surface area contributed by atoms with Crippen LogP contribution in [0.1, 0.15) is 40.9 Å². The first-order valence-electron chi connectivity index (χ1n) is 8.37. The normalized spacial score (nSPS) is 13.2. The van der Waals surface area contributed by atoms with E-state index in [1.807, 2.05) is 12.1 Å². The minimum absolute atomic E-state index is 0.0155. The van der Waals surface area contributed by atoms with Crippen LogP contribution in [0, 0.1) is 0 Å². The Morgan fingerprint density at radius 3 is 2.83 bits per heavy atom. The van der Waals surface area contributed by atoms with Crippen molar-refractivity contribution in [2.75, 3.05) is 20.7 Å². The lowest BCUT2D eigenvalue weighted by Crippen LogP contribution is -2.20. The summed E-state index contributed by atoms with van der Waals surface area (Å²) in [7, 11) is 3.26. The monoisotopic (exact) mass is 329 g/mol. The highest BCUT2D eigenvalue weighted by Crippen LogP contribution is 2.36. The van der Waals surface area contributed by atoms with Crippen LogP contribution in [-0.2, 0) is 17.6 Å². The topological polar surface area (TPSA) is 83.2 Å². The molecule has 2 heterocycles. The molecule has 0 saturated heterocycles. The maximum Gasteiger partial charge on any atom is 0.267 e. The quantitative estimate of drug-likeness (QED) is 0.784.